The van der Waals surface area contributed by atoms with Crippen molar-refractivity contribution in [3.63, 3.8) is 0 Å². The van der Waals surface area contributed by atoms with E-state index in [4.69, 9.17) is 0 Å². The second-order valence-corrected chi connectivity index (χ2v) is 3.84. The molecular weight excluding hydrogens is 296 g/mol. The Labute approximate surface area is 85.4 Å². The molecule has 0 aromatic carbocycles. The molecule has 0 saturated carbocycles. The summed E-state index contributed by atoms with van der Waals surface area (Å²) in [6.45, 7) is 1.60. The van der Waals surface area contributed by atoms with E-state index in [1.165, 1.54) is 6.20 Å². The second kappa shape index (κ2) is 3.79. The predicted molar refractivity (Wildman–Crippen MR) is 49.3 cm³/mol. The fourth-order valence-electron chi connectivity index (χ4n) is 0.838. The first-order valence-corrected chi connectivity index (χ1v) is 4.71. The highest BCUT2D eigenvalue weighted by atomic mass is 79.9. The third-order valence-corrected chi connectivity index (χ3v) is 2.91. The first-order valence-electron chi connectivity index (χ1n) is 3.12. The lowest BCUT2D eigenvalue weighted by molar-refractivity contribution is 0.149. The van der Waals surface area contributed by atoms with Gasteiger partial charge in [0, 0.05) is 16.2 Å². The lowest BCUT2D eigenvalue weighted by Crippen LogP contribution is -1.94. The van der Waals surface area contributed by atoms with Crippen molar-refractivity contribution >= 4 is 31.9 Å². The lowest BCUT2D eigenvalue weighted by Gasteiger charge is -2.07. The Kier molecular flexibility index (Phi) is 3.17. The minimum absolute atomic E-state index is 0.00289. The molecule has 0 spiro atoms. The number of nitrogens with zero attached hydrogens (tertiary/aromatic N) is 1. The molecule has 1 rings (SSSR count). The van der Waals surface area contributed by atoms with Crippen LogP contribution in [-0.2, 0) is 0 Å². The average molecular weight is 301 g/mol. The molecule has 0 N–H and O–H groups in total. The third kappa shape index (κ3) is 1.82. The zero-order valence-electron chi connectivity index (χ0n) is 6.11. The Morgan fingerprint density at radius 2 is 2.00 bits per heavy atom. The summed E-state index contributed by atoms with van der Waals surface area (Å²) in [5.74, 6) is 0. The van der Waals surface area contributed by atoms with Gasteiger partial charge >= 0.3 is 0 Å². The molecule has 0 atom stereocenters. The van der Waals surface area contributed by atoms with Gasteiger partial charge in [0.05, 0.1) is 0 Å². The molecule has 1 nitrogen and oxygen atoms in total. The number of pyridine rings is 1. The monoisotopic (exact) mass is 299 g/mol. The van der Waals surface area contributed by atoms with E-state index < -0.39 is 6.43 Å². The third-order valence-electron chi connectivity index (χ3n) is 1.48. The van der Waals surface area contributed by atoms with Crippen LogP contribution in [0.5, 0.6) is 0 Å². The Bertz CT molecular complexity index is 302. The molecule has 1 heterocycles. The van der Waals surface area contributed by atoms with E-state index in [0.29, 0.717) is 14.6 Å². The van der Waals surface area contributed by atoms with Crippen LogP contribution < -0.4 is 0 Å². The van der Waals surface area contributed by atoms with E-state index in [-0.39, 0.29) is 5.56 Å². The van der Waals surface area contributed by atoms with Gasteiger partial charge in [0.25, 0.3) is 6.43 Å². The van der Waals surface area contributed by atoms with Crippen LogP contribution in [0.2, 0.25) is 0 Å². The fourth-order valence-corrected chi connectivity index (χ4v) is 1.73. The van der Waals surface area contributed by atoms with E-state index in [1.54, 1.807) is 6.92 Å². The van der Waals surface area contributed by atoms with Gasteiger partial charge in [0.15, 0.2) is 0 Å². The van der Waals surface area contributed by atoms with Gasteiger partial charge in [-0.25, -0.2) is 13.8 Å². The minimum atomic E-state index is -2.47. The van der Waals surface area contributed by atoms with Crippen molar-refractivity contribution in [2.45, 2.75) is 13.3 Å². The summed E-state index contributed by atoms with van der Waals surface area (Å²) in [7, 11) is 0. The topological polar surface area (TPSA) is 12.9 Å². The number of rotatable bonds is 1. The number of aromatic nitrogens is 1. The quantitative estimate of drug-likeness (QED) is 0.718. The van der Waals surface area contributed by atoms with Crippen LogP contribution in [0.1, 0.15) is 17.6 Å². The van der Waals surface area contributed by atoms with Crippen LogP contribution in [0.4, 0.5) is 8.78 Å². The molecule has 0 unspecified atom stereocenters. The van der Waals surface area contributed by atoms with E-state index in [1.807, 2.05) is 0 Å². The molecule has 0 aliphatic heterocycles. The molecule has 12 heavy (non-hydrogen) atoms. The first kappa shape index (κ1) is 10.1. The molecule has 0 radical (unpaired) electrons. The maximum absolute atomic E-state index is 12.4. The van der Waals surface area contributed by atoms with E-state index in [0.717, 1.165) is 0 Å². The zero-order chi connectivity index (χ0) is 9.30. The van der Waals surface area contributed by atoms with Crippen LogP contribution in [0.3, 0.4) is 0 Å². The molecule has 5 heteroatoms. The number of hydrogen-bond acceptors (Lipinski definition) is 1. The van der Waals surface area contributed by atoms with Gasteiger partial charge in [-0.15, -0.1) is 0 Å². The van der Waals surface area contributed by atoms with E-state index in [2.05, 4.69) is 36.8 Å². The Morgan fingerprint density at radius 3 is 2.42 bits per heavy atom. The SMILES string of the molecule is Cc1c(Br)ncc(Br)c1C(F)F. The van der Waals surface area contributed by atoms with Crippen LogP contribution in [0.25, 0.3) is 0 Å². The zero-order valence-corrected chi connectivity index (χ0v) is 9.29. The second-order valence-electron chi connectivity index (χ2n) is 2.24. The van der Waals surface area contributed by atoms with Gasteiger partial charge in [0.2, 0.25) is 0 Å². The van der Waals surface area contributed by atoms with Crippen molar-refractivity contribution in [1.29, 1.82) is 0 Å². The maximum atomic E-state index is 12.4. The van der Waals surface area contributed by atoms with Gasteiger partial charge in [0.1, 0.15) is 4.60 Å². The Morgan fingerprint density at radius 1 is 1.42 bits per heavy atom. The van der Waals surface area contributed by atoms with Crippen molar-refractivity contribution in [3.8, 4) is 0 Å². The summed E-state index contributed by atoms with van der Waals surface area (Å²) in [6, 6.07) is 0. The summed E-state index contributed by atoms with van der Waals surface area (Å²) < 4.78 is 25.6. The maximum Gasteiger partial charge on any atom is 0.265 e. The standard InChI is InChI=1S/C7H5Br2F2N/c1-3-5(7(10)11)4(8)2-12-6(3)9/h2,7H,1H3. The highest BCUT2D eigenvalue weighted by Gasteiger charge is 2.16. The number of alkyl halides is 2. The minimum Gasteiger partial charge on any atom is -0.248 e. The average Bonchev–Trinajstić information content (AvgIpc) is 1.97. The predicted octanol–water partition coefficient (Wildman–Crippen LogP) is 3.85. The van der Waals surface area contributed by atoms with Crippen LogP contribution in [0, 0.1) is 6.92 Å². The molecule has 1 aromatic heterocycles. The van der Waals surface area contributed by atoms with Crippen molar-refractivity contribution in [1.82, 2.24) is 4.98 Å². The number of hydrogen-bond donors (Lipinski definition) is 0. The lowest BCUT2D eigenvalue weighted by atomic mass is 10.2. The molecule has 66 valence electrons. The summed E-state index contributed by atoms with van der Waals surface area (Å²) in [6.07, 6.45) is -1.11. The Balaban J connectivity index is 3.33. The molecular formula is C7H5Br2F2N. The van der Waals surface area contributed by atoms with Gasteiger partial charge in [-0.1, -0.05) is 0 Å². The van der Waals surface area contributed by atoms with Crippen LogP contribution in [0.15, 0.2) is 15.3 Å². The highest BCUT2D eigenvalue weighted by Crippen LogP contribution is 2.32. The van der Waals surface area contributed by atoms with Crippen molar-refractivity contribution in [2.75, 3.05) is 0 Å². The van der Waals surface area contributed by atoms with E-state index in [9.17, 15) is 8.78 Å². The highest BCUT2D eigenvalue weighted by molar-refractivity contribution is 9.11. The summed E-state index contributed by atoms with van der Waals surface area (Å²) in [4.78, 5) is 3.86. The van der Waals surface area contributed by atoms with Crippen molar-refractivity contribution in [3.05, 3.63) is 26.4 Å². The van der Waals surface area contributed by atoms with Gasteiger partial charge in [-0.2, -0.15) is 0 Å². The summed E-state index contributed by atoms with van der Waals surface area (Å²) in [5.41, 5.74) is 0.469. The normalized spacial score (nSPS) is 10.8. The Hall–Kier alpha value is -0.0300. The van der Waals surface area contributed by atoms with Gasteiger partial charge in [-0.3, -0.25) is 0 Å². The molecule has 0 fully saturated rings. The van der Waals surface area contributed by atoms with Crippen LogP contribution >= 0.6 is 31.9 Å². The molecule has 0 saturated heterocycles. The van der Waals surface area contributed by atoms with Crippen LogP contribution in [-0.4, -0.2) is 4.98 Å². The van der Waals surface area contributed by atoms with Gasteiger partial charge < -0.3 is 0 Å². The fraction of sp³-hybridized carbons (Fsp3) is 0.286. The van der Waals surface area contributed by atoms with Crippen molar-refractivity contribution < 1.29 is 8.78 Å². The smallest absolute Gasteiger partial charge is 0.248 e. The summed E-state index contributed by atoms with van der Waals surface area (Å²) in [5, 5.41) is 0. The molecule has 0 amide bonds. The van der Waals surface area contributed by atoms with Gasteiger partial charge in [-0.05, 0) is 44.3 Å². The summed E-state index contributed by atoms with van der Waals surface area (Å²) >= 11 is 6.10. The first-order chi connectivity index (χ1) is 5.54. The molecule has 0 aliphatic rings. The molecule has 1 aromatic rings. The van der Waals surface area contributed by atoms with E-state index >= 15 is 0 Å². The number of halogens is 4. The molecule has 0 aliphatic carbocycles. The largest absolute Gasteiger partial charge is 0.265 e. The molecule has 0 bridgehead atoms. The van der Waals surface area contributed by atoms with Crippen molar-refractivity contribution in [2.24, 2.45) is 0 Å².